The van der Waals surface area contributed by atoms with Crippen LogP contribution in [0.5, 0.6) is 0 Å². The minimum Gasteiger partial charge on any atom is -0.349 e. The molecule has 0 spiro atoms. The Bertz CT molecular complexity index is 775. The van der Waals surface area contributed by atoms with Crippen LogP contribution in [0.25, 0.3) is 0 Å². The minimum absolute atomic E-state index is 0.124. The van der Waals surface area contributed by atoms with Crippen LogP contribution >= 0.6 is 23.2 Å². The van der Waals surface area contributed by atoms with E-state index in [-0.39, 0.29) is 22.0 Å². The molecule has 0 aliphatic carbocycles. The number of halogens is 3. The molecule has 0 aromatic heterocycles. The fraction of sp³-hybridized carbons (Fsp3) is 0. The number of anilines is 2. The van der Waals surface area contributed by atoms with Crippen molar-refractivity contribution >= 4 is 40.3 Å². The highest BCUT2D eigenvalue weighted by Crippen LogP contribution is 2.34. The van der Waals surface area contributed by atoms with Crippen LogP contribution in [0, 0.1) is 27.3 Å². The third-order valence-corrected chi connectivity index (χ3v) is 3.13. The molecule has 0 heterocycles. The molecule has 0 fully saturated rings. The van der Waals surface area contributed by atoms with Gasteiger partial charge in [0.2, 0.25) is 0 Å². The van der Waals surface area contributed by atoms with Crippen molar-refractivity contribution in [2.75, 3.05) is 5.32 Å². The Labute approximate surface area is 128 Å². The molecule has 0 bridgehead atoms. The number of benzene rings is 2. The van der Waals surface area contributed by atoms with Crippen molar-refractivity contribution in [2.24, 2.45) is 0 Å². The molecule has 0 radical (unpaired) electrons. The quantitative estimate of drug-likeness (QED) is 0.657. The van der Waals surface area contributed by atoms with Crippen LogP contribution in [-0.2, 0) is 0 Å². The highest BCUT2D eigenvalue weighted by atomic mass is 35.5. The van der Waals surface area contributed by atoms with Crippen LogP contribution in [0.1, 0.15) is 5.56 Å². The van der Waals surface area contributed by atoms with E-state index in [0.717, 1.165) is 12.1 Å². The SMILES string of the molecule is N#Cc1ccc(Cl)cc1Nc1cc(F)c(Cl)cc1[N+](=O)[O-]. The van der Waals surface area contributed by atoms with Crippen molar-refractivity contribution in [1.82, 2.24) is 0 Å². The van der Waals surface area contributed by atoms with Gasteiger partial charge in [-0.25, -0.2) is 4.39 Å². The lowest BCUT2D eigenvalue weighted by molar-refractivity contribution is -0.383. The van der Waals surface area contributed by atoms with Crippen molar-refractivity contribution in [3.05, 3.63) is 61.9 Å². The van der Waals surface area contributed by atoms with E-state index in [1.54, 1.807) is 0 Å². The van der Waals surface area contributed by atoms with Crippen LogP contribution < -0.4 is 5.32 Å². The molecule has 2 rings (SSSR count). The maximum Gasteiger partial charge on any atom is 0.294 e. The first-order valence-corrected chi connectivity index (χ1v) is 6.28. The Kier molecular flexibility index (Phi) is 4.26. The zero-order valence-corrected chi connectivity index (χ0v) is 11.7. The number of nitro groups is 1. The largest absolute Gasteiger partial charge is 0.349 e. The molecule has 0 atom stereocenters. The van der Waals surface area contributed by atoms with Crippen molar-refractivity contribution in [3.8, 4) is 6.07 Å². The molecule has 0 saturated heterocycles. The Morgan fingerprint density at radius 1 is 1.24 bits per heavy atom. The number of hydrogen-bond acceptors (Lipinski definition) is 4. The Balaban J connectivity index is 2.54. The molecule has 0 aliphatic rings. The van der Waals surface area contributed by atoms with E-state index in [0.29, 0.717) is 5.02 Å². The normalized spacial score (nSPS) is 10.0. The highest BCUT2D eigenvalue weighted by Gasteiger charge is 2.19. The first-order chi connectivity index (χ1) is 9.92. The number of nitrogens with zero attached hydrogens (tertiary/aromatic N) is 2. The van der Waals surface area contributed by atoms with E-state index in [2.05, 4.69) is 5.32 Å². The molecule has 106 valence electrons. The van der Waals surface area contributed by atoms with Gasteiger partial charge >= 0.3 is 0 Å². The van der Waals surface area contributed by atoms with Gasteiger partial charge in [-0.3, -0.25) is 10.1 Å². The van der Waals surface area contributed by atoms with E-state index in [1.807, 2.05) is 6.07 Å². The van der Waals surface area contributed by atoms with Gasteiger partial charge in [0.1, 0.15) is 17.6 Å². The summed E-state index contributed by atoms with van der Waals surface area (Å²) in [5, 5.41) is 22.6. The van der Waals surface area contributed by atoms with E-state index < -0.39 is 16.4 Å². The highest BCUT2D eigenvalue weighted by molar-refractivity contribution is 6.31. The topological polar surface area (TPSA) is 79.0 Å². The third-order valence-electron chi connectivity index (χ3n) is 2.61. The van der Waals surface area contributed by atoms with Gasteiger partial charge in [-0.15, -0.1) is 0 Å². The van der Waals surface area contributed by atoms with Crippen LogP contribution in [-0.4, -0.2) is 4.92 Å². The average Bonchev–Trinajstić information content (AvgIpc) is 2.42. The van der Waals surface area contributed by atoms with Crippen LogP contribution in [0.15, 0.2) is 30.3 Å². The standard InChI is InChI=1S/C13H6Cl2FN3O2/c14-8-2-1-7(6-17)11(3-8)18-12-5-10(16)9(15)4-13(12)19(20)21/h1-5,18H. The van der Waals surface area contributed by atoms with E-state index in [4.69, 9.17) is 28.5 Å². The zero-order valence-electron chi connectivity index (χ0n) is 10.2. The molecule has 1 N–H and O–H groups in total. The number of rotatable bonds is 3. The van der Waals surface area contributed by atoms with Crippen LogP contribution in [0.3, 0.4) is 0 Å². The van der Waals surface area contributed by atoms with Crippen molar-refractivity contribution in [2.45, 2.75) is 0 Å². The summed E-state index contributed by atoms with van der Waals surface area (Å²) in [6.45, 7) is 0. The van der Waals surface area contributed by atoms with Gasteiger partial charge < -0.3 is 5.32 Å². The molecule has 5 nitrogen and oxygen atoms in total. The number of hydrogen-bond donors (Lipinski definition) is 1. The zero-order chi connectivity index (χ0) is 15.6. The molecule has 2 aromatic rings. The monoisotopic (exact) mass is 325 g/mol. The Morgan fingerprint density at radius 3 is 2.57 bits per heavy atom. The number of nitro benzene ring substituents is 1. The van der Waals surface area contributed by atoms with Gasteiger partial charge in [0.25, 0.3) is 5.69 Å². The lowest BCUT2D eigenvalue weighted by Gasteiger charge is -2.10. The molecular weight excluding hydrogens is 320 g/mol. The second kappa shape index (κ2) is 5.95. The smallest absolute Gasteiger partial charge is 0.294 e. The van der Waals surface area contributed by atoms with Gasteiger partial charge in [-0.1, -0.05) is 23.2 Å². The first-order valence-electron chi connectivity index (χ1n) is 5.52. The summed E-state index contributed by atoms with van der Waals surface area (Å²) in [5.74, 6) is -0.815. The molecular formula is C13H6Cl2FN3O2. The summed E-state index contributed by atoms with van der Waals surface area (Å²) < 4.78 is 13.5. The second-order valence-corrected chi connectivity index (χ2v) is 4.81. The molecule has 2 aromatic carbocycles. The van der Waals surface area contributed by atoms with Crippen molar-refractivity contribution in [3.63, 3.8) is 0 Å². The summed E-state index contributed by atoms with van der Waals surface area (Å²) in [6, 6.07) is 8.06. The number of nitrogens with one attached hydrogen (secondary N) is 1. The lowest BCUT2D eigenvalue weighted by Crippen LogP contribution is -2.00. The second-order valence-electron chi connectivity index (χ2n) is 3.97. The van der Waals surface area contributed by atoms with Gasteiger partial charge in [0, 0.05) is 17.2 Å². The lowest BCUT2D eigenvalue weighted by atomic mass is 10.1. The summed E-state index contributed by atoms with van der Waals surface area (Å²) in [5.41, 5.74) is -0.0928. The molecule has 0 amide bonds. The van der Waals surface area contributed by atoms with Crippen LogP contribution in [0.4, 0.5) is 21.5 Å². The predicted octanol–water partition coefficient (Wildman–Crippen LogP) is 4.66. The Morgan fingerprint density at radius 2 is 1.95 bits per heavy atom. The number of nitriles is 1. The van der Waals surface area contributed by atoms with Crippen molar-refractivity contribution in [1.29, 1.82) is 5.26 Å². The fourth-order valence-corrected chi connectivity index (χ4v) is 1.98. The van der Waals surface area contributed by atoms with E-state index >= 15 is 0 Å². The molecule has 0 saturated carbocycles. The third kappa shape index (κ3) is 3.21. The molecule has 0 aliphatic heterocycles. The minimum atomic E-state index is -0.815. The maximum absolute atomic E-state index is 13.5. The summed E-state index contributed by atoms with van der Waals surface area (Å²) in [4.78, 5) is 10.3. The first kappa shape index (κ1) is 15.0. The van der Waals surface area contributed by atoms with Gasteiger partial charge in [-0.2, -0.15) is 5.26 Å². The van der Waals surface area contributed by atoms with E-state index in [1.165, 1.54) is 18.2 Å². The van der Waals surface area contributed by atoms with Gasteiger partial charge in [-0.05, 0) is 18.2 Å². The maximum atomic E-state index is 13.5. The van der Waals surface area contributed by atoms with E-state index in [9.17, 15) is 14.5 Å². The van der Waals surface area contributed by atoms with Crippen LogP contribution in [0.2, 0.25) is 10.0 Å². The summed E-state index contributed by atoms with van der Waals surface area (Å²) in [6.07, 6.45) is 0. The average molecular weight is 326 g/mol. The van der Waals surface area contributed by atoms with Gasteiger partial charge in [0.15, 0.2) is 0 Å². The molecule has 0 unspecified atom stereocenters. The fourth-order valence-electron chi connectivity index (χ4n) is 1.65. The molecule has 21 heavy (non-hydrogen) atoms. The Hall–Kier alpha value is -2.36. The summed E-state index contributed by atoms with van der Waals surface area (Å²) in [7, 11) is 0. The van der Waals surface area contributed by atoms with Crippen molar-refractivity contribution < 1.29 is 9.31 Å². The molecule has 8 heteroatoms. The summed E-state index contributed by atoms with van der Waals surface area (Å²) >= 11 is 11.4. The predicted molar refractivity (Wildman–Crippen MR) is 77.5 cm³/mol. The van der Waals surface area contributed by atoms with Gasteiger partial charge in [0.05, 0.1) is 21.2 Å².